The fraction of sp³-hybridized carbons (Fsp3) is 0.429. The molecule has 12 nitrogen and oxygen atoms in total. The van der Waals surface area contributed by atoms with E-state index in [4.69, 9.17) is 28.5 Å². The molecule has 0 aromatic carbocycles. The van der Waals surface area contributed by atoms with Gasteiger partial charge in [0.15, 0.2) is 0 Å². The summed E-state index contributed by atoms with van der Waals surface area (Å²) in [6.45, 7) is 20.3. The van der Waals surface area contributed by atoms with E-state index in [1.807, 2.05) is 54.5 Å². The molecule has 0 atom stereocenters. The molecule has 3 N–H and O–H groups in total. The Bertz CT molecular complexity index is 1910. The number of rotatable bonds is 7. The summed E-state index contributed by atoms with van der Waals surface area (Å²) < 4.78 is 21.2. The lowest BCUT2D eigenvalue weighted by atomic mass is 10.1. The Hall–Kier alpha value is -4.68. The second-order valence-corrected chi connectivity index (χ2v) is 11.4. The molecule has 0 saturated carbocycles. The van der Waals surface area contributed by atoms with Crippen LogP contribution in [0.25, 0.3) is 44.3 Å². The van der Waals surface area contributed by atoms with Crippen LogP contribution in [0, 0.1) is 41.5 Å². The molecule has 0 unspecified atom stereocenters. The first-order valence-corrected chi connectivity index (χ1v) is 16.2. The predicted molar refractivity (Wildman–Crippen MR) is 186 cm³/mol. The lowest BCUT2D eigenvalue weighted by Crippen LogP contribution is -2.36. The molecule has 0 bridgehead atoms. The first-order valence-electron chi connectivity index (χ1n) is 16.2. The van der Waals surface area contributed by atoms with Crippen molar-refractivity contribution in [2.24, 2.45) is 0 Å². The molecule has 0 radical (unpaired) electrons. The lowest BCUT2D eigenvalue weighted by molar-refractivity contribution is 0.122. The number of anilines is 2. The largest absolute Gasteiger partial charge is 0.383 e. The Kier molecular flexibility index (Phi) is 10.6. The molecule has 1 saturated heterocycles. The van der Waals surface area contributed by atoms with Crippen LogP contribution in [0.3, 0.4) is 0 Å². The van der Waals surface area contributed by atoms with E-state index < -0.39 is 0 Å². The van der Waals surface area contributed by atoms with Crippen molar-refractivity contribution in [2.45, 2.75) is 55.4 Å². The van der Waals surface area contributed by atoms with Gasteiger partial charge in [0.1, 0.15) is 23.2 Å². The molecular weight excluding hydrogens is 596 g/mol. The normalized spacial score (nSPS) is 13.0. The Morgan fingerprint density at radius 3 is 1.83 bits per heavy atom. The number of methoxy groups -OCH3 is 1. The van der Waals surface area contributed by atoms with Crippen LogP contribution in [0.5, 0.6) is 0 Å². The van der Waals surface area contributed by atoms with E-state index in [-0.39, 0.29) is 0 Å². The average molecular weight is 643 g/mol. The third-order valence-electron chi connectivity index (χ3n) is 7.97. The summed E-state index contributed by atoms with van der Waals surface area (Å²) in [5.74, 6) is 3.42. The third kappa shape index (κ3) is 7.18. The Morgan fingerprint density at radius 1 is 0.766 bits per heavy atom. The molecule has 1 aliphatic heterocycles. The van der Waals surface area contributed by atoms with E-state index in [0.29, 0.717) is 13.2 Å². The van der Waals surface area contributed by atoms with Crippen LogP contribution in [-0.2, 0) is 9.47 Å². The topological polar surface area (TPSA) is 143 Å². The number of ether oxygens (including phenoxy) is 2. The third-order valence-corrected chi connectivity index (χ3v) is 7.97. The smallest absolute Gasteiger partial charge is 0.143 e. The van der Waals surface area contributed by atoms with Gasteiger partial charge in [-0.1, -0.05) is 24.2 Å². The molecular formula is C35H46N8O4. The van der Waals surface area contributed by atoms with E-state index >= 15 is 0 Å². The van der Waals surface area contributed by atoms with Gasteiger partial charge >= 0.3 is 0 Å². The van der Waals surface area contributed by atoms with Gasteiger partial charge in [-0.2, -0.15) is 0 Å². The summed E-state index contributed by atoms with van der Waals surface area (Å²) in [5.41, 5.74) is 9.76. The minimum absolute atomic E-state index is 0.627. The molecule has 47 heavy (non-hydrogen) atoms. The van der Waals surface area contributed by atoms with Crippen molar-refractivity contribution >= 4 is 33.4 Å². The number of H-pyrrole nitrogens is 2. The first kappa shape index (κ1) is 33.7. The van der Waals surface area contributed by atoms with Crippen molar-refractivity contribution in [1.29, 1.82) is 0 Å². The minimum atomic E-state index is 0.627. The summed E-state index contributed by atoms with van der Waals surface area (Å²) in [7, 11) is 1.69. The van der Waals surface area contributed by atoms with Gasteiger partial charge in [-0.25, -0.2) is 9.97 Å². The molecule has 0 amide bonds. The quantitative estimate of drug-likeness (QED) is 0.153. The molecule has 6 aromatic rings. The van der Waals surface area contributed by atoms with Gasteiger partial charge in [0.05, 0.1) is 64.8 Å². The SMILES string of the molecule is CC.COCCNc1nc(-c2c(C)noc2C)cc2[nH]c(C)cc12.Cc1cc2c(N3CCOCC3)nc(-c3c(C)noc3C)cc2[nH]1. The van der Waals surface area contributed by atoms with Crippen LogP contribution in [0.2, 0.25) is 0 Å². The number of fused-ring (bicyclic) bond motifs is 2. The fourth-order valence-electron chi connectivity index (χ4n) is 5.90. The summed E-state index contributed by atoms with van der Waals surface area (Å²) in [5, 5.41) is 13.6. The van der Waals surface area contributed by atoms with Crippen molar-refractivity contribution in [2.75, 3.05) is 56.8 Å². The van der Waals surface area contributed by atoms with Crippen LogP contribution < -0.4 is 10.2 Å². The maximum Gasteiger partial charge on any atom is 0.143 e. The number of aromatic nitrogens is 6. The number of hydrogen-bond donors (Lipinski definition) is 3. The van der Waals surface area contributed by atoms with Gasteiger partial charge in [-0.3, -0.25) is 0 Å². The molecule has 12 heteroatoms. The summed E-state index contributed by atoms with van der Waals surface area (Å²) in [6, 6.07) is 8.37. The van der Waals surface area contributed by atoms with Crippen molar-refractivity contribution in [3.8, 4) is 22.5 Å². The molecule has 6 aromatic heterocycles. The van der Waals surface area contributed by atoms with E-state index in [1.165, 1.54) is 0 Å². The molecule has 1 aliphatic rings. The molecule has 7 rings (SSSR count). The van der Waals surface area contributed by atoms with E-state index in [9.17, 15) is 0 Å². The van der Waals surface area contributed by atoms with Crippen molar-refractivity contribution in [1.82, 2.24) is 30.2 Å². The number of aromatic amines is 2. The number of aryl methyl sites for hydroxylation is 6. The van der Waals surface area contributed by atoms with Crippen LogP contribution in [0.15, 0.2) is 33.3 Å². The highest BCUT2D eigenvalue weighted by Gasteiger charge is 2.21. The van der Waals surface area contributed by atoms with E-state index in [2.05, 4.69) is 55.6 Å². The number of nitrogens with zero attached hydrogens (tertiary/aromatic N) is 5. The lowest BCUT2D eigenvalue weighted by Gasteiger charge is -2.28. The molecule has 1 fully saturated rings. The first-order chi connectivity index (χ1) is 22.7. The van der Waals surface area contributed by atoms with Gasteiger partial charge in [-0.15, -0.1) is 0 Å². The fourth-order valence-corrected chi connectivity index (χ4v) is 5.90. The van der Waals surface area contributed by atoms with Gasteiger partial charge in [0.25, 0.3) is 0 Å². The highest BCUT2D eigenvalue weighted by molar-refractivity contribution is 5.95. The zero-order valence-electron chi connectivity index (χ0n) is 28.9. The number of morpholine rings is 1. The monoisotopic (exact) mass is 642 g/mol. The maximum absolute atomic E-state index is 5.48. The number of nitrogens with one attached hydrogen (secondary N) is 3. The van der Waals surface area contributed by atoms with Crippen molar-refractivity contribution in [3.63, 3.8) is 0 Å². The van der Waals surface area contributed by atoms with Gasteiger partial charge < -0.3 is 38.7 Å². The highest BCUT2D eigenvalue weighted by atomic mass is 16.5. The van der Waals surface area contributed by atoms with Crippen LogP contribution in [-0.4, -0.2) is 76.8 Å². The van der Waals surface area contributed by atoms with E-state index in [0.717, 1.165) is 117 Å². The Morgan fingerprint density at radius 2 is 1.30 bits per heavy atom. The second kappa shape index (κ2) is 14.8. The summed E-state index contributed by atoms with van der Waals surface area (Å²) in [6.07, 6.45) is 0. The minimum Gasteiger partial charge on any atom is -0.383 e. The standard InChI is InChI=1S/C17H20N4O2.C16H20N4O2.C2H6/c1-10-8-13-14(18-10)9-15(16-11(2)20-23-12(16)3)19-17(13)21-4-6-22-7-5-21;1-9-7-12-13(18-9)8-14(15-10(2)20-22-11(15)3)19-16(12)17-5-6-21-4;1-2/h8-9,18H,4-7H2,1-3H3;7-8,18H,5-6H2,1-4H3,(H,17,19);1-2H3. The molecule has 0 aliphatic carbocycles. The number of hydrogen-bond acceptors (Lipinski definition) is 10. The van der Waals surface area contributed by atoms with E-state index in [1.54, 1.807) is 7.11 Å². The zero-order valence-corrected chi connectivity index (χ0v) is 28.9. The van der Waals surface area contributed by atoms with Gasteiger partial charge in [0.2, 0.25) is 0 Å². The maximum atomic E-state index is 5.48. The van der Waals surface area contributed by atoms with Crippen molar-refractivity contribution < 1.29 is 18.5 Å². The predicted octanol–water partition coefficient (Wildman–Crippen LogP) is 7.21. The summed E-state index contributed by atoms with van der Waals surface area (Å²) >= 11 is 0. The second-order valence-electron chi connectivity index (χ2n) is 11.4. The van der Waals surface area contributed by atoms with Crippen LogP contribution in [0.4, 0.5) is 11.6 Å². The Labute approximate surface area is 275 Å². The van der Waals surface area contributed by atoms with Crippen LogP contribution >= 0.6 is 0 Å². The number of pyridine rings is 2. The zero-order chi connectivity index (χ0) is 33.7. The highest BCUT2D eigenvalue weighted by Crippen LogP contribution is 2.34. The molecule has 250 valence electrons. The van der Waals surface area contributed by atoms with Crippen LogP contribution in [0.1, 0.15) is 48.1 Å². The van der Waals surface area contributed by atoms with Gasteiger partial charge in [0, 0.05) is 48.9 Å². The average Bonchev–Trinajstić information content (AvgIpc) is 3.82. The molecule has 7 heterocycles. The summed E-state index contributed by atoms with van der Waals surface area (Å²) in [4.78, 5) is 18.8. The van der Waals surface area contributed by atoms with Gasteiger partial charge in [-0.05, 0) is 65.8 Å². The molecule has 0 spiro atoms. The van der Waals surface area contributed by atoms with Crippen molar-refractivity contribution in [3.05, 3.63) is 58.6 Å². The Balaban J connectivity index is 0.000000176.